The van der Waals surface area contributed by atoms with E-state index in [1.807, 2.05) is 0 Å². The first-order valence-electron chi connectivity index (χ1n) is 6.46. The van der Waals surface area contributed by atoms with Gasteiger partial charge in [0, 0.05) is 0 Å². The third-order valence-corrected chi connectivity index (χ3v) is 4.80. The van der Waals surface area contributed by atoms with Gasteiger partial charge in [-0.05, 0) is 46.6 Å². The molecule has 0 atom stereocenters. The normalized spacial score (nSPS) is 16.3. The molecule has 122 valence electrons. The Morgan fingerprint density at radius 2 is 2.22 bits per heavy atom. The van der Waals surface area contributed by atoms with Crippen LogP contribution in [0.25, 0.3) is 6.08 Å². The van der Waals surface area contributed by atoms with Gasteiger partial charge < -0.3 is 14.9 Å². The first-order chi connectivity index (χ1) is 10.8. The number of carboxylic acids is 1. The number of halogens is 1. The topological polar surface area (TPSA) is 87.1 Å². The van der Waals surface area contributed by atoms with E-state index in [0.717, 1.165) is 16.7 Å². The number of thioether (sulfide) groups is 1. The van der Waals surface area contributed by atoms with Crippen LogP contribution in [0, 0.1) is 0 Å². The van der Waals surface area contributed by atoms with Gasteiger partial charge in [0.05, 0.1) is 16.0 Å². The number of amides is 1. The van der Waals surface area contributed by atoms with E-state index in [1.165, 1.54) is 0 Å². The zero-order valence-corrected chi connectivity index (χ0v) is 15.1. The van der Waals surface area contributed by atoms with Crippen LogP contribution in [0.4, 0.5) is 0 Å². The average Bonchev–Trinajstić information content (AvgIpc) is 2.72. The molecular weight excluding hydrogens is 406 g/mol. The number of nitrogens with zero attached hydrogens (tertiary/aromatic N) is 1. The van der Waals surface area contributed by atoms with Crippen LogP contribution >= 0.6 is 39.9 Å². The number of thiocarbonyl (C=S) groups is 1. The number of carbonyl (C=O) groups is 2. The van der Waals surface area contributed by atoms with Gasteiger partial charge >= 0.3 is 5.97 Å². The summed E-state index contributed by atoms with van der Waals surface area (Å²) < 4.78 is 5.96. The Morgan fingerprint density at radius 1 is 1.52 bits per heavy atom. The molecule has 0 spiro atoms. The molecule has 2 N–H and O–H groups in total. The molecule has 1 fully saturated rings. The molecule has 1 saturated heterocycles. The van der Waals surface area contributed by atoms with E-state index in [2.05, 4.69) is 15.9 Å². The summed E-state index contributed by atoms with van der Waals surface area (Å²) in [4.78, 5) is 24.3. The lowest BCUT2D eigenvalue weighted by atomic mass is 10.2. The second-order valence-corrected chi connectivity index (χ2v) is 6.97. The van der Waals surface area contributed by atoms with Gasteiger partial charge in [0.1, 0.15) is 10.9 Å². The molecule has 23 heavy (non-hydrogen) atoms. The lowest BCUT2D eigenvalue weighted by Gasteiger charge is -2.10. The van der Waals surface area contributed by atoms with Gasteiger partial charge in [0.25, 0.3) is 5.91 Å². The molecule has 0 bridgehead atoms. The fraction of sp³-hybridized carbons (Fsp3) is 0.214. The van der Waals surface area contributed by atoms with Crippen molar-refractivity contribution in [3.8, 4) is 11.5 Å². The monoisotopic (exact) mass is 417 g/mol. The summed E-state index contributed by atoms with van der Waals surface area (Å²) in [6.45, 7) is 1.70. The molecule has 1 aromatic carbocycles. The molecule has 1 aromatic rings. The molecule has 1 aliphatic rings. The molecule has 0 unspecified atom stereocenters. The van der Waals surface area contributed by atoms with Crippen LogP contribution in [0.3, 0.4) is 0 Å². The van der Waals surface area contributed by atoms with Crippen molar-refractivity contribution in [3.63, 3.8) is 0 Å². The smallest absolute Gasteiger partial charge is 0.323 e. The summed E-state index contributed by atoms with van der Waals surface area (Å²) in [7, 11) is 0. The Bertz CT molecular complexity index is 719. The first kappa shape index (κ1) is 17.8. The number of phenols is 1. The van der Waals surface area contributed by atoms with Crippen molar-refractivity contribution < 1.29 is 24.5 Å². The number of carbonyl (C=O) groups excluding carboxylic acids is 1. The van der Waals surface area contributed by atoms with E-state index < -0.39 is 18.4 Å². The lowest BCUT2D eigenvalue weighted by molar-refractivity contribution is -0.140. The van der Waals surface area contributed by atoms with Crippen LogP contribution in [0.1, 0.15) is 12.5 Å². The molecule has 1 amide bonds. The third-order valence-electron chi connectivity index (χ3n) is 2.82. The highest BCUT2D eigenvalue weighted by Crippen LogP contribution is 2.38. The Balaban J connectivity index is 2.34. The predicted octanol–water partition coefficient (Wildman–Crippen LogP) is 2.84. The van der Waals surface area contributed by atoms with E-state index in [4.69, 9.17) is 22.1 Å². The zero-order chi connectivity index (χ0) is 17.1. The molecular formula is C14H12BrNO5S2. The Labute approximate surface area is 150 Å². The van der Waals surface area contributed by atoms with Crippen LogP contribution in [-0.4, -0.2) is 44.5 Å². The van der Waals surface area contributed by atoms with E-state index in [-0.39, 0.29) is 15.8 Å². The zero-order valence-electron chi connectivity index (χ0n) is 11.9. The van der Waals surface area contributed by atoms with Crippen molar-refractivity contribution in [1.82, 2.24) is 4.90 Å². The van der Waals surface area contributed by atoms with Crippen molar-refractivity contribution in [3.05, 3.63) is 27.1 Å². The standard InChI is InChI=1S/C14H12BrNO5S2/c1-2-21-9-4-7(3-8(15)12(9)19)5-10-13(20)16(6-11(17)18)14(22)23-10/h3-5,19H,2,6H2,1H3,(H,17,18). The predicted molar refractivity (Wildman–Crippen MR) is 94.5 cm³/mol. The van der Waals surface area contributed by atoms with Gasteiger partial charge in [0.2, 0.25) is 0 Å². The third kappa shape index (κ3) is 4.04. The number of aliphatic carboxylic acids is 1. The van der Waals surface area contributed by atoms with Crippen molar-refractivity contribution >= 4 is 62.2 Å². The molecule has 1 heterocycles. The molecule has 9 heteroatoms. The van der Waals surface area contributed by atoms with Crippen LogP contribution in [0.5, 0.6) is 11.5 Å². The Hall–Kier alpha value is -1.58. The van der Waals surface area contributed by atoms with Gasteiger partial charge in [-0.2, -0.15) is 0 Å². The number of rotatable bonds is 5. The Kier molecular flexibility index (Phi) is 5.66. The fourth-order valence-corrected chi connectivity index (χ4v) is 3.58. The van der Waals surface area contributed by atoms with E-state index in [0.29, 0.717) is 21.5 Å². The lowest BCUT2D eigenvalue weighted by Crippen LogP contribution is -2.33. The summed E-state index contributed by atoms with van der Waals surface area (Å²) >= 11 is 9.29. The molecule has 0 saturated carbocycles. The van der Waals surface area contributed by atoms with Gasteiger partial charge in [-0.15, -0.1) is 0 Å². The van der Waals surface area contributed by atoms with E-state index in [9.17, 15) is 14.7 Å². The number of ether oxygens (including phenoxy) is 1. The summed E-state index contributed by atoms with van der Waals surface area (Å²) in [6, 6.07) is 3.22. The highest BCUT2D eigenvalue weighted by atomic mass is 79.9. The molecule has 0 aliphatic carbocycles. The van der Waals surface area contributed by atoms with Gasteiger partial charge in [-0.1, -0.05) is 24.0 Å². The maximum atomic E-state index is 12.2. The molecule has 0 radical (unpaired) electrons. The number of carboxylic acid groups (broad SMARTS) is 1. The average molecular weight is 418 g/mol. The van der Waals surface area contributed by atoms with Crippen molar-refractivity contribution in [2.75, 3.05) is 13.2 Å². The molecule has 0 aromatic heterocycles. The maximum absolute atomic E-state index is 12.2. The summed E-state index contributed by atoms with van der Waals surface area (Å²) in [5, 5.41) is 18.7. The highest BCUT2D eigenvalue weighted by Gasteiger charge is 2.33. The van der Waals surface area contributed by atoms with Gasteiger partial charge in [0.15, 0.2) is 11.5 Å². The van der Waals surface area contributed by atoms with Gasteiger partial charge in [-0.3, -0.25) is 14.5 Å². The number of phenolic OH excluding ortho intramolecular Hbond substituents is 1. The first-order valence-corrected chi connectivity index (χ1v) is 8.47. The highest BCUT2D eigenvalue weighted by molar-refractivity contribution is 9.10. The maximum Gasteiger partial charge on any atom is 0.323 e. The second kappa shape index (κ2) is 7.33. The van der Waals surface area contributed by atoms with E-state index >= 15 is 0 Å². The minimum atomic E-state index is -1.13. The van der Waals surface area contributed by atoms with Crippen LogP contribution in [-0.2, 0) is 9.59 Å². The summed E-state index contributed by atoms with van der Waals surface area (Å²) in [5.41, 5.74) is 0.619. The number of hydrogen-bond acceptors (Lipinski definition) is 6. The van der Waals surface area contributed by atoms with Crippen LogP contribution in [0.15, 0.2) is 21.5 Å². The molecule has 1 aliphatic heterocycles. The number of hydrogen-bond donors (Lipinski definition) is 2. The minimum absolute atomic E-state index is 0.0255. The Morgan fingerprint density at radius 3 is 2.83 bits per heavy atom. The van der Waals surface area contributed by atoms with Gasteiger partial charge in [-0.25, -0.2) is 0 Å². The summed E-state index contributed by atoms with van der Waals surface area (Å²) in [6.07, 6.45) is 1.58. The van der Waals surface area contributed by atoms with Crippen molar-refractivity contribution in [1.29, 1.82) is 0 Å². The van der Waals surface area contributed by atoms with Crippen LogP contribution < -0.4 is 4.74 Å². The minimum Gasteiger partial charge on any atom is -0.503 e. The number of aromatic hydroxyl groups is 1. The quantitative estimate of drug-likeness (QED) is 0.562. The largest absolute Gasteiger partial charge is 0.503 e. The van der Waals surface area contributed by atoms with Crippen LogP contribution in [0.2, 0.25) is 0 Å². The SMILES string of the molecule is CCOc1cc(C=C2SC(=S)N(CC(=O)O)C2=O)cc(Br)c1O. The second-order valence-electron chi connectivity index (χ2n) is 4.44. The van der Waals surface area contributed by atoms with E-state index in [1.54, 1.807) is 25.1 Å². The fourth-order valence-electron chi connectivity index (χ4n) is 1.87. The molecule has 2 rings (SSSR count). The summed E-state index contributed by atoms with van der Waals surface area (Å²) in [5.74, 6) is -1.32. The van der Waals surface area contributed by atoms with Crippen molar-refractivity contribution in [2.24, 2.45) is 0 Å². The number of benzene rings is 1. The molecule has 6 nitrogen and oxygen atoms in total. The van der Waals surface area contributed by atoms with Crippen molar-refractivity contribution in [2.45, 2.75) is 6.92 Å².